The molecular formula is C16H14BrF2N. The molecule has 1 N–H and O–H groups in total. The lowest BCUT2D eigenvalue weighted by atomic mass is 9.87. The summed E-state index contributed by atoms with van der Waals surface area (Å²) in [6, 6.07) is 10.6. The summed E-state index contributed by atoms with van der Waals surface area (Å²) >= 11 is 3.10. The summed E-state index contributed by atoms with van der Waals surface area (Å²) in [5.74, 6) is -1.15. The molecule has 1 aliphatic rings. The summed E-state index contributed by atoms with van der Waals surface area (Å²) in [5, 5.41) is 3.20. The molecule has 0 heterocycles. The zero-order valence-electron chi connectivity index (χ0n) is 10.8. The number of hydrogen-bond acceptors (Lipinski definition) is 1. The van der Waals surface area contributed by atoms with Gasteiger partial charge in [-0.1, -0.05) is 24.3 Å². The molecule has 1 aliphatic carbocycles. The Hall–Kier alpha value is -1.42. The summed E-state index contributed by atoms with van der Waals surface area (Å²) in [5.41, 5.74) is 2.84. The van der Waals surface area contributed by atoms with Gasteiger partial charge < -0.3 is 5.32 Å². The van der Waals surface area contributed by atoms with Gasteiger partial charge in [0.05, 0.1) is 16.2 Å². The number of rotatable bonds is 2. The van der Waals surface area contributed by atoms with E-state index in [4.69, 9.17) is 0 Å². The fourth-order valence-corrected chi connectivity index (χ4v) is 3.07. The number of aryl methyl sites for hydroxylation is 1. The Morgan fingerprint density at radius 3 is 2.75 bits per heavy atom. The van der Waals surface area contributed by atoms with E-state index in [2.05, 4.69) is 33.4 Å². The number of benzene rings is 2. The maximum atomic E-state index is 13.8. The molecule has 2 aromatic carbocycles. The van der Waals surface area contributed by atoms with E-state index < -0.39 is 11.6 Å². The van der Waals surface area contributed by atoms with E-state index >= 15 is 0 Å². The molecule has 0 bridgehead atoms. The lowest BCUT2D eigenvalue weighted by Crippen LogP contribution is -2.18. The highest BCUT2D eigenvalue weighted by Crippen LogP contribution is 2.34. The Labute approximate surface area is 125 Å². The predicted octanol–water partition coefficient (Wildman–Crippen LogP) is 5.22. The third-order valence-corrected chi connectivity index (χ3v) is 4.32. The maximum absolute atomic E-state index is 13.8. The molecule has 0 saturated heterocycles. The van der Waals surface area contributed by atoms with Crippen molar-refractivity contribution in [2.24, 2.45) is 0 Å². The number of nitrogens with one attached hydrogen (secondary N) is 1. The van der Waals surface area contributed by atoms with Crippen LogP contribution in [0.3, 0.4) is 0 Å². The van der Waals surface area contributed by atoms with Gasteiger partial charge in [0.2, 0.25) is 0 Å². The van der Waals surface area contributed by atoms with E-state index in [0.29, 0.717) is 5.69 Å². The van der Waals surface area contributed by atoms with Crippen LogP contribution in [-0.4, -0.2) is 0 Å². The van der Waals surface area contributed by atoms with Gasteiger partial charge in [-0.25, -0.2) is 8.78 Å². The van der Waals surface area contributed by atoms with Crippen molar-refractivity contribution in [2.75, 3.05) is 5.32 Å². The van der Waals surface area contributed by atoms with Crippen molar-refractivity contribution < 1.29 is 8.78 Å². The topological polar surface area (TPSA) is 12.0 Å². The maximum Gasteiger partial charge on any atom is 0.149 e. The van der Waals surface area contributed by atoms with Crippen molar-refractivity contribution in [1.82, 2.24) is 0 Å². The standard InChI is InChI=1S/C16H14BrF2N/c17-12-8-16(14(19)9-13(12)18)20-15-7-3-5-10-4-1-2-6-11(10)15/h1-2,4,6,8-9,15,20H,3,5,7H2. The van der Waals surface area contributed by atoms with Crippen LogP contribution in [0, 0.1) is 11.6 Å². The molecule has 1 nitrogen and oxygen atoms in total. The fourth-order valence-electron chi connectivity index (χ4n) is 2.72. The molecule has 1 atom stereocenters. The van der Waals surface area contributed by atoms with Crippen LogP contribution in [0.1, 0.15) is 30.0 Å². The highest BCUT2D eigenvalue weighted by Gasteiger charge is 2.21. The van der Waals surface area contributed by atoms with Crippen LogP contribution in [-0.2, 0) is 6.42 Å². The Balaban J connectivity index is 1.91. The van der Waals surface area contributed by atoms with Crippen molar-refractivity contribution in [3.8, 4) is 0 Å². The summed E-state index contributed by atoms with van der Waals surface area (Å²) in [6.07, 6.45) is 3.08. The fraction of sp³-hybridized carbons (Fsp3) is 0.250. The minimum absolute atomic E-state index is 0.0758. The third kappa shape index (κ3) is 2.57. The summed E-state index contributed by atoms with van der Waals surface area (Å²) in [6.45, 7) is 0. The second kappa shape index (κ2) is 5.52. The molecule has 0 aliphatic heterocycles. The van der Waals surface area contributed by atoms with Gasteiger partial charge in [0, 0.05) is 6.07 Å². The van der Waals surface area contributed by atoms with Crippen molar-refractivity contribution in [1.29, 1.82) is 0 Å². The first-order chi connectivity index (χ1) is 9.65. The molecule has 20 heavy (non-hydrogen) atoms. The van der Waals surface area contributed by atoms with Crippen LogP contribution in [0.2, 0.25) is 0 Å². The Morgan fingerprint density at radius 1 is 1.10 bits per heavy atom. The molecule has 0 fully saturated rings. The lowest BCUT2D eigenvalue weighted by molar-refractivity contribution is 0.568. The zero-order valence-corrected chi connectivity index (χ0v) is 12.4. The smallest absolute Gasteiger partial charge is 0.149 e. The SMILES string of the molecule is Fc1cc(F)c(NC2CCCc3ccccc32)cc1Br. The number of halogens is 3. The second-order valence-corrected chi connectivity index (χ2v) is 5.89. The monoisotopic (exact) mass is 337 g/mol. The highest BCUT2D eigenvalue weighted by molar-refractivity contribution is 9.10. The Morgan fingerprint density at radius 2 is 1.90 bits per heavy atom. The molecule has 2 aromatic rings. The van der Waals surface area contributed by atoms with Crippen LogP contribution >= 0.6 is 15.9 Å². The van der Waals surface area contributed by atoms with Gasteiger partial charge in [0.25, 0.3) is 0 Å². The quantitative estimate of drug-likeness (QED) is 0.741. The van der Waals surface area contributed by atoms with E-state index in [1.807, 2.05) is 12.1 Å². The first kappa shape index (κ1) is 13.6. The number of hydrogen-bond donors (Lipinski definition) is 1. The van der Waals surface area contributed by atoms with Gasteiger partial charge in [0.1, 0.15) is 11.6 Å². The Bertz CT molecular complexity index is 642. The van der Waals surface area contributed by atoms with Crippen LogP contribution < -0.4 is 5.32 Å². The highest BCUT2D eigenvalue weighted by atomic mass is 79.9. The number of anilines is 1. The average Bonchev–Trinajstić information content (AvgIpc) is 2.45. The van der Waals surface area contributed by atoms with Gasteiger partial charge in [0.15, 0.2) is 0 Å². The normalized spacial score (nSPS) is 17.6. The van der Waals surface area contributed by atoms with Crippen molar-refractivity contribution >= 4 is 21.6 Å². The van der Waals surface area contributed by atoms with Crippen molar-refractivity contribution in [3.05, 3.63) is 63.6 Å². The molecule has 1 unspecified atom stereocenters. The molecule has 0 saturated carbocycles. The van der Waals surface area contributed by atoms with E-state index in [1.54, 1.807) is 0 Å². The van der Waals surface area contributed by atoms with Crippen molar-refractivity contribution in [2.45, 2.75) is 25.3 Å². The van der Waals surface area contributed by atoms with Crippen LogP contribution in [0.25, 0.3) is 0 Å². The number of fused-ring (bicyclic) bond motifs is 1. The first-order valence-electron chi connectivity index (χ1n) is 6.64. The molecule has 104 valence electrons. The van der Waals surface area contributed by atoms with E-state index in [1.165, 1.54) is 17.2 Å². The van der Waals surface area contributed by atoms with Crippen LogP contribution in [0.5, 0.6) is 0 Å². The largest absolute Gasteiger partial charge is 0.376 e. The summed E-state index contributed by atoms with van der Waals surface area (Å²) in [4.78, 5) is 0. The zero-order chi connectivity index (χ0) is 14.1. The summed E-state index contributed by atoms with van der Waals surface area (Å²) < 4.78 is 27.4. The van der Waals surface area contributed by atoms with Gasteiger partial charge >= 0.3 is 0 Å². The van der Waals surface area contributed by atoms with Crippen LogP contribution in [0.4, 0.5) is 14.5 Å². The molecule has 0 spiro atoms. The van der Waals surface area contributed by atoms with Gasteiger partial charge in [-0.3, -0.25) is 0 Å². The minimum atomic E-state index is -0.586. The summed E-state index contributed by atoms with van der Waals surface area (Å²) in [7, 11) is 0. The van der Waals surface area contributed by atoms with Gasteiger partial charge in [-0.2, -0.15) is 0 Å². The molecule has 3 rings (SSSR count). The molecule has 0 amide bonds. The van der Waals surface area contributed by atoms with Crippen LogP contribution in [0.15, 0.2) is 40.9 Å². The van der Waals surface area contributed by atoms with E-state index in [9.17, 15) is 8.78 Å². The van der Waals surface area contributed by atoms with E-state index in [-0.39, 0.29) is 10.5 Å². The van der Waals surface area contributed by atoms with Crippen molar-refractivity contribution in [3.63, 3.8) is 0 Å². The minimum Gasteiger partial charge on any atom is -0.376 e. The van der Waals surface area contributed by atoms with Gasteiger partial charge in [-0.05, 0) is 52.4 Å². The third-order valence-electron chi connectivity index (χ3n) is 3.71. The molecule has 4 heteroatoms. The first-order valence-corrected chi connectivity index (χ1v) is 7.43. The predicted molar refractivity (Wildman–Crippen MR) is 79.8 cm³/mol. The van der Waals surface area contributed by atoms with Gasteiger partial charge in [-0.15, -0.1) is 0 Å². The second-order valence-electron chi connectivity index (χ2n) is 5.03. The Kier molecular flexibility index (Phi) is 3.74. The average molecular weight is 338 g/mol. The molecule has 0 radical (unpaired) electrons. The molecular weight excluding hydrogens is 324 g/mol. The lowest BCUT2D eigenvalue weighted by Gasteiger charge is -2.27. The van der Waals surface area contributed by atoms with E-state index in [0.717, 1.165) is 25.3 Å². The molecule has 0 aromatic heterocycles.